The fourth-order valence-corrected chi connectivity index (χ4v) is 4.48. The van der Waals surface area contributed by atoms with Crippen molar-refractivity contribution in [3.63, 3.8) is 0 Å². The SMILES string of the molecule is CC(C)(C)OC(=O)N1CC[C@@H](S(=O)(=O)c2ccc([N+](=O)[O-])cc2)[C@H](O)C1. The van der Waals surface area contributed by atoms with E-state index in [1.54, 1.807) is 20.8 Å². The van der Waals surface area contributed by atoms with Crippen LogP contribution in [0.1, 0.15) is 27.2 Å². The van der Waals surface area contributed by atoms with Crippen LogP contribution in [0.4, 0.5) is 10.5 Å². The van der Waals surface area contributed by atoms with Gasteiger partial charge in [0, 0.05) is 18.7 Å². The quantitative estimate of drug-likeness (QED) is 0.619. The number of hydrogen-bond donors (Lipinski definition) is 1. The van der Waals surface area contributed by atoms with Crippen molar-refractivity contribution < 1.29 is 28.0 Å². The molecular formula is C16H22N2O7S. The molecule has 0 aromatic heterocycles. The Morgan fingerprint density at radius 3 is 2.35 bits per heavy atom. The molecule has 1 aliphatic heterocycles. The standard InChI is InChI=1S/C16H22N2O7S/c1-16(2,3)25-15(20)17-9-8-14(13(19)10-17)26(23,24)12-6-4-11(5-7-12)18(21)22/h4-7,13-14,19H,8-10H2,1-3H3/t13-,14-/m1/s1. The molecule has 1 heterocycles. The average Bonchev–Trinajstić information content (AvgIpc) is 2.53. The van der Waals surface area contributed by atoms with Crippen LogP contribution in [0, 0.1) is 10.1 Å². The molecule has 9 nitrogen and oxygen atoms in total. The van der Waals surface area contributed by atoms with Crippen LogP contribution in [-0.2, 0) is 14.6 Å². The van der Waals surface area contributed by atoms with Gasteiger partial charge in [0.15, 0.2) is 9.84 Å². The lowest BCUT2D eigenvalue weighted by atomic mass is 10.1. The van der Waals surface area contributed by atoms with Gasteiger partial charge in [-0.05, 0) is 39.3 Å². The number of benzene rings is 1. The molecular weight excluding hydrogens is 364 g/mol. The van der Waals surface area contributed by atoms with Crippen LogP contribution in [0.5, 0.6) is 0 Å². The van der Waals surface area contributed by atoms with Crippen LogP contribution in [0.15, 0.2) is 29.2 Å². The van der Waals surface area contributed by atoms with Crippen LogP contribution >= 0.6 is 0 Å². The molecule has 26 heavy (non-hydrogen) atoms. The van der Waals surface area contributed by atoms with Gasteiger partial charge in [0.1, 0.15) is 5.60 Å². The largest absolute Gasteiger partial charge is 0.444 e. The van der Waals surface area contributed by atoms with Gasteiger partial charge in [0.2, 0.25) is 0 Å². The summed E-state index contributed by atoms with van der Waals surface area (Å²) in [5.41, 5.74) is -0.909. The van der Waals surface area contributed by atoms with Crippen molar-refractivity contribution in [2.24, 2.45) is 0 Å². The van der Waals surface area contributed by atoms with E-state index in [9.17, 15) is 28.4 Å². The zero-order chi connectivity index (χ0) is 19.7. The molecule has 2 atom stereocenters. The maximum atomic E-state index is 12.7. The summed E-state index contributed by atoms with van der Waals surface area (Å²) in [7, 11) is -3.89. The number of aliphatic hydroxyl groups excluding tert-OH is 1. The van der Waals surface area contributed by atoms with Crippen molar-refractivity contribution in [2.45, 2.75) is 49.0 Å². The maximum Gasteiger partial charge on any atom is 0.410 e. The lowest BCUT2D eigenvalue weighted by Gasteiger charge is -2.36. The summed E-state index contributed by atoms with van der Waals surface area (Å²) in [5.74, 6) is 0. The topological polar surface area (TPSA) is 127 Å². The molecule has 1 fully saturated rings. The number of ether oxygens (including phenoxy) is 1. The van der Waals surface area contributed by atoms with Crippen LogP contribution in [0.25, 0.3) is 0 Å². The number of carbonyl (C=O) groups is 1. The molecule has 0 saturated carbocycles. The second-order valence-electron chi connectivity index (χ2n) is 7.12. The molecule has 144 valence electrons. The van der Waals surface area contributed by atoms with E-state index in [4.69, 9.17) is 4.74 Å². The van der Waals surface area contributed by atoms with E-state index in [1.165, 1.54) is 4.90 Å². The van der Waals surface area contributed by atoms with Gasteiger partial charge >= 0.3 is 6.09 Å². The minimum absolute atomic E-state index is 0.0414. The van der Waals surface area contributed by atoms with E-state index in [-0.39, 0.29) is 30.1 Å². The minimum Gasteiger partial charge on any atom is -0.444 e. The van der Waals surface area contributed by atoms with Gasteiger partial charge < -0.3 is 14.7 Å². The monoisotopic (exact) mass is 386 g/mol. The third-order valence-electron chi connectivity index (χ3n) is 3.95. The van der Waals surface area contributed by atoms with E-state index in [0.717, 1.165) is 24.3 Å². The van der Waals surface area contributed by atoms with Gasteiger partial charge in [-0.25, -0.2) is 13.2 Å². The number of hydrogen-bond acceptors (Lipinski definition) is 7. The number of sulfone groups is 1. The Morgan fingerprint density at radius 1 is 1.31 bits per heavy atom. The van der Waals surface area contributed by atoms with Gasteiger partial charge in [-0.15, -0.1) is 0 Å². The summed E-state index contributed by atoms with van der Waals surface area (Å²) in [6, 6.07) is 4.52. The third-order valence-corrected chi connectivity index (χ3v) is 6.22. The summed E-state index contributed by atoms with van der Waals surface area (Å²) >= 11 is 0. The maximum absolute atomic E-state index is 12.7. The number of nitro groups is 1. The number of β-amino-alcohol motifs (C(OH)–C–C–N with tert-alkyl or cyclic N) is 1. The normalized spacial score (nSPS) is 21.3. The molecule has 0 aliphatic carbocycles. The van der Waals surface area contributed by atoms with Gasteiger partial charge in [-0.2, -0.15) is 0 Å². The zero-order valence-electron chi connectivity index (χ0n) is 14.8. The fourth-order valence-electron chi connectivity index (χ4n) is 2.70. The highest BCUT2D eigenvalue weighted by Crippen LogP contribution is 2.27. The van der Waals surface area contributed by atoms with Gasteiger partial charge in [0.05, 0.1) is 27.7 Å². The number of rotatable bonds is 3. The Labute approximate surface area is 151 Å². The Kier molecular flexibility index (Phi) is 5.57. The molecule has 1 N–H and O–H groups in total. The number of piperidine rings is 1. The predicted molar refractivity (Wildman–Crippen MR) is 92.5 cm³/mol. The average molecular weight is 386 g/mol. The predicted octanol–water partition coefficient (Wildman–Crippen LogP) is 1.74. The molecule has 2 rings (SSSR count). The number of amides is 1. The first-order valence-corrected chi connectivity index (χ1v) is 9.61. The molecule has 0 bridgehead atoms. The highest BCUT2D eigenvalue weighted by molar-refractivity contribution is 7.92. The van der Waals surface area contributed by atoms with Crippen molar-refractivity contribution >= 4 is 21.6 Å². The van der Waals surface area contributed by atoms with Crippen LogP contribution < -0.4 is 0 Å². The Morgan fingerprint density at radius 2 is 1.88 bits per heavy atom. The van der Waals surface area contributed by atoms with Crippen molar-refractivity contribution in [3.8, 4) is 0 Å². The van der Waals surface area contributed by atoms with E-state index in [2.05, 4.69) is 0 Å². The summed E-state index contributed by atoms with van der Waals surface area (Å²) in [4.78, 5) is 23.3. The number of nitrogens with zero attached hydrogens (tertiary/aromatic N) is 2. The number of nitro benzene ring substituents is 1. The molecule has 1 aromatic carbocycles. The second-order valence-corrected chi connectivity index (χ2v) is 9.28. The lowest BCUT2D eigenvalue weighted by Crippen LogP contribution is -2.52. The van der Waals surface area contributed by atoms with E-state index >= 15 is 0 Å². The molecule has 0 unspecified atom stereocenters. The van der Waals surface area contributed by atoms with Crippen molar-refractivity contribution in [1.82, 2.24) is 4.90 Å². The third kappa shape index (κ3) is 4.50. The smallest absolute Gasteiger partial charge is 0.410 e. The Hall–Kier alpha value is -2.20. The summed E-state index contributed by atoms with van der Waals surface area (Å²) in [6.45, 7) is 5.11. The van der Waals surface area contributed by atoms with E-state index in [0.29, 0.717) is 0 Å². The lowest BCUT2D eigenvalue weighted by molar-refractivity contribution is -0.384. The Bertz CT molecular complexity index is 784. The summed E-state index contributed by atoms with van der Waals surface area (Å²) in [6.07, 6.45) is -1.85. The molecule has 0 spiro atoms. The van der Waals surface area contributed by atoms with Crippen LogP contribution in [0.2, 0.25) is 0 Å². The molecule has 1 aromatic rings. The first kappa shape index (κ1) is 20.1. The van der Waals surface area contributed by atoms with Gasteiger partial charge in [-0.1, -0.05) is 0 Å². The van der Waals surface area contributed by atoms with Crippen molar-refractivity contribution in [2.75, 3.05) is 13.1 Å². The van der Waals surface area contributed by atoms with Crippen molar-refractivity contribution in [1.29, 1.82) is 0 Å². The molecule has 10 heteroatoms. The first-order valence-electron chi connectivity index (χ1n) is 8.06. The van der Waals surface area contributed by atoms with Crippen molar-refractivity contribution in [3.05, 3.63) is 34.4 Å². The molecule has 1 aliphatic rings. The second kappa shape index (κ2) is 7.20. The number of carbonyl (C=O) groups excluding carboxylic acids is 1. The summed E-state index contributed by atoms with van der Waals surface area (Å²) in [5, 5.41) is 19.9. The van der Waals surface area contributed by atoms with Gasteiger partial charge in [-0.3, -0.25) is 10.1 Å². The molecule has 1 saturated heterocycles. The number of non-ortho nitro benzene ring substituents is 1. The number of aliphatic hydroxyl groups is 1. The highest BCUT2D eigenvalue weighted by Gasteiger charge is 2.40. The van der Waals surface area contributed by atoms with Crippen LogP contribution in [-0.4, -0.2) is 59.5 Å². The Balaban J connectivity index is 2.12. The first-order chi connectivity index (χ1) is 11.9. The summed E-state index contributed by atoms with van der Waals surface area (Å²) < 4.78 is 30.7. The molecule has 1 amide bonds. The number of likely N-dealkylation sites (tertiary alicyclic amines) is 1. The van der Waals surface area contributed by atoms with Gasteiger partial charge in [0.25, 0.3) is 5.69 Å². The highest BCUT2D eigenvalue weighted by atomic mass is 32.2. The molecule has 0 radical (unpaired) electrons. The zero-order valence-corrected chi connectivity index (χ0v) is 15.6. The minimum atomic E-state index is -3.89. The van der Waals surface area contributed by atoms with E-state index < -0.39 is 37.8 Å². The van der Waals surface area contributed by atoms with Crippen LogP contribution in [0.3, 0.4) is 0 Å². The van der Waals surface area contributed by atoms with E-state index in [1.807, 2.05) is 0 Å². The fraction of sp³-hybridized carbons (Fsp3) is 0.562.